The molecule has 0 radical (unpaired) electrons. The summed E-state index contributed by atoms with van der Waals surface area (Å²) in [5, 5.41) is 2.42. The Kier molecular flexibility index (Phi) is 4.69. The molecular formula is C13H17FN2O. The minimum Gasteiger partial charge on any atom is -0.365 e. The van der Waals surface area contributed by atoms with Gasteiger partial charge in [0.1, 0.15) is 0 Å². The van der Waals surface area contributed by atoms with Crippen molar-refractivity contribution in [1.82, 2.24) is 5.32 Å². The normalized spacial score (nSPS) is 14.5. The Balaban J connectivity index is 2.64. The van der Waals surface area contributed by atoms with Crippen molar-refractivity contribution in [3.05, 3.63) is 42.1 Å². The van der Waals surface area contributed by atoms with Crippen LogP contribution in [0.4, 0.5) is 4.39 Å². The van der Waals surface area contributed by atoms with Crippen LogP contribution in [0, 0.1) is 0 Å². The standard InChI is InChI=1S/C13H17FN2O/c1-2-9-13(14,12(15)17)16-10-8-11-6-4-3-5-7-11/h3-8,10,16H,2,9H2,1H3,(H2,15,17). The third-order valence-electron chi connectivity index (χ3n) is 2.37. The summed E-state index contributed by atoms with van der Waals surface area (Å²) in [6, 6.07) is 9.40. The maximum atomic E-state index is 14.0. The second kappa shape index (κ2) is 6.03. The smallest absolute Gasteiger partial charge is 0.275 e. The highest BCUT2D eigenvalue weighted by Gasteiger charge is 2.33. The first-order valence-electron chi connectivity index (χ1n) is 5.56. The van der Waals surface area contributed by atoms with Gasteiger partial charge < -0.3 is 11.1 Å². The lowest BCUT2D eigenvalue weighted by Crippen LogP contribution is -2.49. The molecule has 1 aromatic rings. The van der Waals surface area contributed by atoms with Crippen LogP contribution < -0.4 is 11.1 Å². The number of amides is 1. The van der Waals surface area contributed by atoms with E-state index in [9.17, 15) is 9.18 Å². The van der Waals surface area contributed by atoms with E-state index in [-0.39, 0.29) is 6.42 Å². The molecule has 0 saturated carbocycles. The number of hydrogen-bond acceptors (Lipinski definition) is 2. The maximum absolute atomic E-state index is 14.0. The van der Waals surface area contributed by atoms with Crippen molar-refractivity contribution in [2.45, 2.75) is 25.6 Å². The number of nitrogens with two attached hydrogens (primary N) is 1. The molecule has 0 aliphatic heterocycles. The summed E-state index contributed by atoms with van der Waals surface area (Å²) in [6.07, 6.45) is 3.69. The molecule has 0 aliphatic carbocycles. The van der Waals surface area contributed by atoms with E-state index in [0.717, 1.165) is 5.56 Å². The van der Waals surface area contributed by atoms with E-state index in [0.29, 0.717) is 6.42 Å². The van der Waals surface area contributed by atoms with Gasteiger partial charge in [-0.2, -0.15) is 0 Å². The van der Waals surface area contributed by atoms with Gasteiger partial charge in [-0.05, 0) is 11.6 Å². The predicted octanol–water partition coefficient (Wildman–Crippen LogP) is 2.20. The highest BCUT2D eigenvalue weighted by atomic mass is 19.1. The Bertz CT molecular complexity index is 392. The fourth-order valence-corrected chi connectivity index (χ4v) is 1.45. The van der Waals surface area contributed by atoms with Crippen LogP contribution in [0.25, 0.3) is 6.08 Å². The van der Waals surface area contributed by atoms with E-state index >= 15 is 0 Å². The summed E-state index contributed by atoms with van der Waals surface area (Å²) in [5.74, 6) is -3.16. The van der Waals surface area contributed by atoms with Gasteiger partial charge in [0.05, 0.1) is 0 Å². The summed E-state index contributed by atoms with van der Waals surface area (Å²) in [7, 11) is 0. The molecule has 1 rings (SSSR count). The largest absolute Gasteiger partial charge is 0.365 e. The molecule has 1 aromatic carbocycles. The summed E-state index contributed by atoms with van der Waals surface area (Å²) in [5.41, 5.74) is 5.95. The number of primary amides is 1. The van der Waals surface area contributed by atoms with Crippen molar-refractivity contribution >= 4 is 12.0 Å². The molecule has 17 heavy (non-hydrogen) atoms. The van der Waals surface area contributed by atoms with Gasteiger partial charge in [-0.1, -0.05) is 43.7 Å². The molecule has 92 valence electrons. The number of halogens is 1. The zero-order valence-corrected chi connectivity index (χ0v) is 9.82. The number of nitrogens with one attached hydrogen (secondary N) is 1. The van der Waals surface area contributed by atoms with Crippen LogP contribution in [0.1, 0.15) is 25.3 Å². The SMILES string of the molecule is CCCC(F)(NC=Cc1ccccc1)C(N)=O. The molecule has 0 aromatic heterocycles. The first kappa shape index (κ1) is 13.2. The fraction of sp³-hybridized carbons (Fsp3) is 0.308. The molecule has 0 aliphatic rings. The minimum atomic E-state index is -2.17. The molecule has 0 saturated heterocycles. The van der Waals surface area contributed by atoms with Crippen molar-refractivity contribution in [3.63, 3.8) is 0 Å². The average Bonchev–Trinajstić information content (AvgIpc) is 2.30. The molecule has 0 fully saturated rings. The molecule has 3 N–H and O–H groups in total. The Morgan fingerprint density at radius 3 is 2.65 bits per heavy atom. The van der Waals surface area contributed by atoms with E-state index < -0.39 is 11.7 Å². The molecule has 1 amide bonds. The second-order valence-electron chi connectivity index (χ2n) is 3.80. The lowest BCUT2D eigenvalue weighted by Gasteiger charge is -2.21. The third-order valence-corrected chi connectivity index (χ3v) is 2.37. The van der Waals surface area contributed by atoms with E-state index in [2.05, 4.69) is 5.32 Å². The predicted molar refractivity (Wildman–Crippen MR) is 66.6 cm³/mol. The van der Waals surface area contributed by atoms with Crippen LogP contribution in [0.2, 0.25) is 0 Å². The molecule has 0 heterocycles. The summed E-state index contributed by atoms with van der Waals surface area (Å²) in [4.78, 5) is 11.0. The quantitative estimate of drug-likeness (QED) is 0.744. The second-order valence-corrected chi connectivity index (χ2v) is 3.80. The van der Waals surface area contributed by atoms with Crippen LogP contribution in [0.5, 0.6) is 0 Å². The Morgan fingerprint density at radius 2 is 2.12 bits per heavy atom. The van der Waals surface area contributed by atoms with Gasteiger partial charge >= 0.3 is 0 Å². The summed E-state index contributed by atoms with van der Waals surface area (Å²) >= 11 is 0. The molecule has 0 spiro atoms. The van der Waals surface area contributed by atoms with Crippen molar-refractivity contribution in [3.8, 4) is 0 Å². The zero-order valence-electron chi connectivity index (χ0n) is 9.82. The number of hydrogen-bond donors (Lipinski definition) is 2. The average molecular weight is 236 g/mol. The topological polar surface area (TPSA) is 55.1 Å². The van der Waals surface area contributed by atoms with Crippen molar-refractivity contribution < 1.29 is 9.18 Å². The summed E-state index contributed by atoms with van der Waals surface area (Å²) < 4.78 is 14.0. The van der Waals surface area contributed by atoms with Crippen LogP contribution in [0.15, 0.2) is 36.5 Å². The molecule has 4 heteroatoms. The lowest BCUT2D eigenvalue weighted by atomic mass is 10.1. The number of benzene rings is 1. The van der Waals surface area contributed by atoms with Gasteiger partial charge in [-0.3, -0.25) is 4.79 Å². The van der Waals surface area contributed by atoms with E-state index in [1.807, 2.05) is 30.3 Å². The van der Waals surface area contributed by atoms with Crippen LogP contribution in [-0.2, 0) is 4.79 Å². The number of rotatable bonds is 6. The Labute approximate surface area is 101 Å². The monoisotopic (exact) mass is 236 g/mol. The molecule has 1 atom stereocenters. The van der Waals surface area contributed by atoms with Crippen molar-refractivity contribution in [2.24, 2.45) is 5.73 Å². The first-order chi connectivity index (χ1) is 8.08. The number of carbonyl (C=O) groups excluding carboxylic acids is 1. The van der Waals surface area contributed by atoms with Gasteiger partial charge in [0.15, 0.2) is 0 Å². The van der Waals surface area contributed by atoms with E-state index in [4.69, 9.17) is 5.73 Å². The molecular weight excluding hydrogens is 219 g/mol. The van der Waals surface area contributed by atoms with Gasteiger partial charge in [0.2, 0.25) is 0 Å². The van der Waals surface area contributed by atoms with Crippen LogP contribution in [-0.4, -0.2) is 11.7 Å². The van der Waals surface area contributed by atoms with Crippen LogP contribution in [0.3, 0.4) is 0 Å². The lowest BCUT2D eigenvalue weighted by molar-refractivity contribution is -0.131. The minimum absolute atomic E-state index is 0.0570. The highest BCUT2D eigenvalue weighted by Crippen LogP contribution is 2.14. The zero-order chi connectivity index (χ0) is 12.7. The number of alkyl halides is 1. The van der Waals surface area contributed by atoms with Gasteiger partial charge in [0.25, 0.3) is 11.7 Å². The Morgan fingerprint density at radius 1 is 1.47 bits per heavy atom. The maximum Gasteiger partial charge on any atom is 0.275 e. The van der Waals surface area contributed by atoms with E-state index in [1.54, 1.807) is 13.0 Å². The highest BCUT2D eigenvalue weighted by molar-refractivity contribution is 5.83. The van der Waals surface area contributed by atoms with Crippen molar-refractivity contribution in [1.29, 1.82) is 0 Å². The first-order valence-corrected chi connectivity index (χ1v) is 5.56. The fourth-order valence-electron chi connectivity index (χ4n) is 1.45. The van der Waals surface area contributed by atoms with Gasteiger partial charge in [0, 0.05) is 12.6 Å². The summed E-state index contributed by atoms with van der Waals surface area (Å²) in [6.45, 7) is 1.79. The van der Waals surface area contributed by atoms with Gasteiger partial charge in [-0.25, -0.2) is 4.39 Å². The molecule has 0 bridgehead atoms. The third kappa shape index (κ3) is 3.90. The van der Waals surface area contributed by atoms with E-state index in [1.165, 1.54) is 6.20 Å². The van der Waals surface area contributed by atoms with Gasteiger partial charge in [-0.15, -0.1) is 0 Å². The Hall–Kier alpha value is -1.84. The molecule has 3 nitrogen and oxygen atoms in total. The molecule has 1 unspecified atom stereocenters. The number of carbonyl (C=O) groups is 1. The van der Waals surface area contributed by atoms with Crippen LogP contribution >= 0.6 is 0 Å². The van der Waals surface area contributed by atoms with Crippen molar-refractivity contribution in [2.75, 3.05) is 0 Å².